The Morgan fingerprint density at radius 2 is 2.24 bits per heavy atom. The van der Waals surface area contributed by atoms with Gasteiger partial charge in [0.25, 0.3) is 0 Å². The van der Waals surface area contributed by atoms with Gasteiger partial charge in [0.1, 0.15) is 0 Å². The third-order valence-corrected chi connectivity index (χ3v) is 3.51. The molecule has 0 aromatic carbocycles. The Hall–Kier alpha value is -1.13. The largest absolute Gasteiger partial charge is 0.352 e. The molecule has 1 aliphatic carbocycles. The number of piperidine rings is 1. The highest BCUT2D eigenvalue weighted by Crippen LogP contribution is 2.41. The molecule has 2 N–H and O–H groups in total. The summed E-state index contributed by atoms with van der Waals surface area (Å²) < 4.78 is 0. The van der Waals surface area contributed by atoms with E-state index in [0.717, 1.165) is 18.7 Å². The summed E-state index contributed by atoms with van der Waals surface area (Å²) in [6.07, 6.45) is 3.91. The van der Waals surface area contributed by atoms with Gasteiger partial charge in [-0.2, -0.15) is 0 Å². The molecule has 0 spiro atoms. The van der Waals surface area contributed by atoms with Gasteiger partial charge in [-0.15, -0.1) is 12.4 Å². The van der Waals surface area contributed by atoms with Crippen molar-refractivity contribution < 1.29 is 4.79 Å². The van der Waals surface area contributed by atoms with Crippen LogP contribution in [0.25, 0.3) is 0 Å². The van der Waals surface area contributed by atoms with Crippen molar-refractivity contribution in [3.63, 3.8) is 0 Å². The Morgan fingerprint density at radius 3 is 2.88 bits per heavy atom. The van der Waals surface area contributed by atoms with Crippen molar-refractivity contribution in [1.29, 1.82) is 0 Å². The molecule has 1 saturated heterocycles. The Kier molecular flexibility index (Phi) is 3.64. The third kappa shape index (κ3) is 2.58. The van der Waals surface area contributed by atoms with E-state index >= 15 is 0 Å². The molecule has 2 unspecified atom stereocenters. The second kappa shape index (κ2) is 5.02. The normalized spacial score (nSPS) is 29.1. The minimum atomic E-state index is 0. The van der Waals surface area contributed by atoms with Gasteiger partial charge in [-0.1, -0.05) is 6.07 Å². The number of nitrogens with one attached hydrogen (secondary N) is 2. The van der Waals surface area contributed by atoms with Crippen molar-refractivity contribution in [3.8, 4) is 0 Å². The van der Waals surface area contributed by atoms with Gasteiger partial charge < -0.3 is 10.6 Å². The number of amides is 1. The summed E-state index contributed by atoms with van der Waals surface area (Å²) in [4.78, 5) is 15.7. The molecule has 0 bridgehead atoms. The number of carbonyl (C=O) groups excluding carboxylic acids is 1. The van der Waals surface area contributed by atoms with Gasteiger partial charge in [0, 0.05) is 31.5 Å². The lowest BCUT2D eigenvalue weighted by molar-refractivity contribution is -0.120. The summed E-state index contributed by atoms with van der Waals surface area (Å²) in [6, 6.07) is 4.21. The van der Waals surface area contributed by atoms with E-state index in [4.69, 9.17) is 0 Å². The molecule has 1 saturated carbocycles. The molecule has 17 heavy (non-hydrogen) atoms. The average molecular weight is 254 g/mol. The maximum Gasteiger partial charge on any atom is 0.224 e. The Bertz CT molecular complexity index is 388. The van der Waals surface area contributed by atoms with Crippen LogP contribution < -0.4 is 10.6 Å². The highest BCUT2D eigenvalue weighted by Gasteiger charge is 2.53. The van der Waals surface area contributed by atoms with Gasteiger partial charge in [0.2, 0.25) is 5.91 Å². The van der Waals surface area contributed by atoms with Crippen LogP contribution in [0.1, 0.15) is 5.56 Å². The molecule has 1 aromatic rings. The smallest absolute Gasteiger partial charge is 0.224 e. The van der Waals surface area contributed by atoms with Gasteiger partial charge in [-0.05, 0) is 23.5 Å². The van der Waals surface area contributed by atoms with Gasteiger partial charge >= 0.3 is 0 Å². The van der Waals surface area contributed by atoms with Crippen LogP contribution in [0.4, 0.5) is 0 Å². The van der Waals surface area contributed by atoms with Crippen LogP contribution in [-0.2, 0) is 11.2 Å². The fourth-order valence-corrected chi connectivity index (χ4v) is 2.56. The molecular weight excluding hydrogens is 238 g/mol. The summed E-state index contributed by atoms with van der Waals surface area (Å²) in [7, 11) is 0. The summed E-state index contributed by atoms with van der Waals surface area (Å²) in [5.41, 5.74) is 0.976. The standard InChI is InChI=1S/C12H15N3O.ClH/c16-11(4-8-2-1-3-13-5-8)15-12-9-6-14-7-10(9)12;/h1-3,5,9-10,12,14H,4,6-7H2,(H,15,16);1H. The number of hydrogen-bond acceptors (Lipinski definition) is 3. The number of carbonyl (C=O) groups is 1. The molecule has 4 nitrogen and oxygen atoms in total. The first kappa shape index (κ1) is 12.3. The number of fused-ring (bicyclic) bond motifs is 1. The molecule has 1 aromatic heterocycles. The van der Waals surface area contributed by atoms with Crippen LogP contribution in [0, 0.1) is 11.8 Å². The SMILES string of the molecule is Cl.O=C(Cc1cccnc1)NC1C2CNCC21. The number of pyridine rings is 1. The van der Waals surface area contributed by atoms with Crippen LogP contribution in [-0.4, -0.2) is 30.0 Å². The molecule has 5 heteroatoms. The lowest BCUT2D eigenvalue weighted by Gasteiger charge is -2.07. The van der Waals surface area contributed by atoms with E-state index in [9.17, 15) is 4.79 Å². The molecule has 3 rings (SSSR count). The topological polar surface area (TPSA) is 54.0 Å². The zero-order valence-electron chi connectivity index (χ0n) is 9.43. The van der Waals surface area contributed by atoms with Crippen molar-refractivity contribution in [2.75, 3.05) is 13.1 Å². The van der Waals surface area contributed by atoms with E-state index in [0.29, 0.717) is 24.3 Å². The van der Waals surface area contributed by atoms with E-state index in [1.807, 2.05) is 12.1 Å². The van der Waals surface area contributed by atoms with E-state index in [1.54, 1.807) is 12.4 Å². The molecule has 2 fully saturated rings. The zero-order chi connectivity index (χ0) is 11.0. The molecule has 0 radical (unpaired) electrons. The first-order chi connectivity index (χ1) is 7.84. The zero-order valence-corrected chi connectivity index (χ0v) is 10.2. The van der Waals surface area contributed by atoms with Gasteiger partial charge in [0.15, 0.2) is 0 Å². The van der Waals surface area contributed by atoms with Crippen LogP contribution in [0.5, 0.6) is 0 Å². The van der Waals surface area contributed by atoms with Crippen molar-refractivity contribution in [2.45, 2.75) is 12.5 Å². The third-order valence-electron chi connectivity index (χ3n) is 3.51. The minimum absolute atomic E-state index is 0. The maximum absolute atomic E-state index is 11.7. The van der Waals surface area contributed by atoms with Crippen LogP contribution in [0.3, 0.4) is 0 Å². The first-order valence-electron chi connectivity index (χ1n) is 5.73. The fourth-order valence-electron chi connectivity index (χ4n) is 2.56. The van der Waals surface area contributed by atoms with Crippen molar-refractivity contribution in [3.05, 3.63) is 30.1 Å². The Labute approximate surface area is 107 Å². The van der Waals surface area contributed by atoms with Crippen molar-refractivity contribution in [2.24, 2.45) is 11.8 Å². The highest BCUT2D eigenvalue weighted by molar-refractivity contribution is 5.85. The Balaban J connectivity index is 0.00000108. The molecule has 2 atom stereocenters. The van der Waals surface area contributed by atoms with E-state index in [-0.39, 0.29) is 18.3 Å². The summed E-state index contributed by atoms with van der Waals surface area (Å²) in [6.45, 7) is 2.12. The molecule has 2 aliphatic rings. The summed E-state index contributed by atoms with van der Waals surface area (Å²) in [5, 5.41) is 6.41. The quantitative estimate of drug-likeness (QED) is 0.819. The molecule has 1 amide bonds. The van der Waals surface area contributed by atoms with Crippen molar-refractivity contribution in [1.82, 2.24) is 15.6 Å². The lowest BCUT2D eigenvalue weighted by atomic mass is 10.2. The second-order valence-corrected chi connectivity index (χ2v) is 4.62. The minimum Gasteiger partial charge on any atom is -0.352 e. The van der Waals surface area contributed by atoms with Crippen LogP contribution in [0.2, 0.25) is 0 Å². The lowest BCUT2D eigenvalue weighted by Crippen LogP contribution is -2.33. The molecule has 1 aliphatic heterocycles. The molecular formula is C12H16ClN3O. The van der Waals surface area contributed by atoms with Gasteiger partial charge in [0.05, 0.1) is 6.42 Å². The monoisotopic (exact) mass is 253 g/mol. The summed E-state index contributed by atoms with van der Waals surface area (Å²) in [5.74, 6) is 1.48. The molecule has 2 heterocycles. The number of rotatable bonds is 3. The van der Waals surface area contributed by atoms with Gasteiger partial charge in [-0.3, -0.25) is 9.78 Å². The maximum atomic E-state index is 11.7. The van der Waals surface area contributed by atoms with E-state index in [1.165, 1.54) is 0 Å². The Morgan fingerprint density at radius 1 is 1.47 bits per heavy atom. The fraction of sp³-hybridized carbons (Fsp3) is 0.500. The van der Waals surface area contributed by atoms with Gasteiger partial charge in [-0.25, -0.2) is 0 Å². The number of aromatic nitrogens is 1. The summed E-state index contributed by atoms with van der Waals surface area (Å²) >= 11 is 0. The predicted octanol–water partition coefficient (Wildman–Crippen LogP) is 0.380. The predicted molar refractivity (Wildman–Crippen MR) is 67.0 cm³/mol. The van der Waals surface area contributed by atoms with E-state index < -0.39 is 0 Å². The number of hydrogen-bond donors (Lipinski definition) is 2. The second-order valence-electron chi connectivity index (χ2n) is 4.62. The van der Waals surface area contributed by atoms with Crippen LogP contribution in [0.15, 0.2) is 24.5 Å². The van der Waals surface area contributed by atoms with Crippen molar-refractivity contribution >= 4 is 18.3 Å². The average Bonchev–Trinajstić information content (AvgIpc) is 2.76. The molecule has 92 valence electrons. The van der Waals surface area contributed by atoms with Crippen LogP contribution >= 0.6 is 12.4 Å². The number of nitrogens with zero attached hydrogens (tertiary/aromatic N) is 1. The number of halogens is 1. The highest BCUT2D eigenvalue weighted by atomic mass is 35.5. The first-order valence-corrected chi connectivity index (χ1v) is 5.73. The van der Waals surface area contributed by atoms with E-state index in [2.05, 4.69) is 15.6 Å².